The molecule has 0 aromatic carbocycles. The number of hydrogen-bond donors (Lipinski definition) is 2. The van der Waals surface area contributed by atoms with Crippen LogP contribution in [-0.2, 0) is 36.3 Å². The minimum atomic E-state index is -0.162. The highest BCUT2D eigenvalue weighted by Crippen LogP contribution is 2.19. The largest absolute Gasteiger partial charge is 0.377 e. The Morgan fingerprint density at radius 3 is 2.81 bits per heavy atom. The summed E-state index contributed by atoms with van der Waals surface area (Å²) in [5, 5.41) is 15.2. The van der Waals surface area contributed by atoms with Crippen molar-refractivity contribution in [2.75, 3.05) is 14.2 Å². The third kappa shape index (κ3) is 4.82. The van der Waals surface area contributed by atoms with Crippen molar-refractivity contribution >= 4 is 5.96 Å². The summed E-state index contributed by atoms with van der Waals surface area (Å²) in [6, 6.07) is 0.219. The van der Waals surface area contributed by atoms with Crippen molar-refractivity contribution in [3.63, 3.8) is 0 Å². The van der Waals surface area contributed by atoms with E-state index in [9.17, 15) is 0 Å². The number of aromatic nitrogens is 5. The summed E-state index contributed by atoms with van der Waals surface area (Å²) in [6.45, 7) is 7.73. The summed E-state index contributed by atoms with van der Waals surface area (Å²) in [5.41, 5.74) is -0.162. The van der Waals surface area contributed by atoms with Gasteiger partial charge in [-0.05, 0) is 6.42 Å². The van der Waals surface area contributed by atoms with Crippen LogP contribution in [0.2, 0.25) is 0 Å². The van der Waals surface area contributed by atoms with Crippen LogP contribution in [0, 0.1) is 0 Å². The van der Waals surface area contributed by atoms with E-state index in [1.165, 1.54) is 0 Å². The highest BCUT2D eigenvalue weighted by atomic mass is 16.5. The van der Waals surface area contributed by atoms with Gasteiger partial charge in [0.25, 0.3) is 0 Å². The Kier molecular flexibility index (Phi) is 5.73. The molecule has 2 aromatic heterocycles. The molecule has 1 aliphatic rings. The molecule has 2 N–H and O–H groups in total. The predicted molar refractivity (Wildman–Crippen MR) is 99.2 cm³/mol. The van der Waals surface area contributed by atoms with Crippen molar-refractivity contribution in [3.05, 3.63) is 23.4 Å². The van der Waals surface area contributed by atoms with Crippen molar-refractivity contribution in [3.8, 4) is 0 Å². The molecule has 0 radical (unpaired) electrons. The van der Waals surface area contributed by atoms with Crippen LogP contribution in [0.3, 0.4) is 0 Å². The van der Waals surface area contributed by atoms with E-state index in [0.29, 0.717) is 30.8 Å². The van der Waals surface area contributed by atoms with Crippen LogP contribution in [0.5, 0.6) is 0 Å². The van der Waals surface area contributed by atoms with Gasteiger partial charge in [0.1, 0.15) is 12.4 Å². The van der Waals surface area contributed by atoms with Gasteiger partial charge in [0.15, 0.2) is 17.6 Å². The SMILES string of the molecule is CN=C(NCc1noc(C(C)(C)C)n1)NC1CCc2nc(COC)nn2C1. The first-order chi connectivity index (χ1) is 12.9. The van der Waals surface area contributed by atoms with Crippen LogP contribution >= 0.6 is 0 Å². The summed E-state index contributed by atoms with van der Waals surface area (Å²) in [5.74, 6) is 3.66. The second kappa shape index (κ2) is 8.03. The van der Waals surface area contributed by atoms with Gasteiger partial charge in [-0.1, -0.05) is 25.9 Å². The Labute approximate surface area is 158 Å². The average Bonchev–Trinajstić information content (AvgIpc) is 3.24. The van der Waals surface area contributed by atoms with E-state index in [0.717, 1.165) is 31.0 Å². The minimum absolute atomic E-state index is 0.162. The molecule has 0 saturated heterocycles. The van der Waals surface area contributed by atoms with Crippen molar-refractivity contribution in [2.45, 2.75) is 64.8 Å². The molecule has 0 bridgehead atoms. The minimum Gasteiger partial charge on any atom is -0.377 e. The topological polar surface area (TPSA) is 115 Å². The lowest BCUT2D eigenvalue weighted by Crippen LogP contribution is -2.46. The van der Waals surface area contributed by atoms with Gasteiger partial charge in [-0.2, -0.15) is 10.1 Å². The first-order valence-electron chi connectivity index (χ1n) is 9.11. The van der Waals surface area contributed by atoms with Crippen LogP contribution in [0.4, 0.5) is 0 Å². The number of fused-ring (bicyclic) bond motifs is 1. The van der Waals surface area contributed by atoms with Gasteiger partial charge in [0, 0.05) is 32.0 Å². The number of hydrogen-bond acceptors (Lipinski definition) is 7. The van der Waals surface area contributed by atoms with Crippen molar-refractivity contribution < 1.29 is 9.26 Å². The monoisotopic (exact) mass is 376 g/mol. The van der Waals surface area contributed by atoms with Crippen molar-refractivity contribution in [2.24, 2.45) is 4.99 Å². The van der Waals surface area contributed by atoms with Crippen LogP contribution in [-0.4, -0.2) is 51.1 Å². The predicted octanol–water partition coefficient (Wildman–Crippen LogP) is 0.785. The zero-order valence-electron chi connectivity index (χ0n) is 16.6. The van der Waals surface area contributed by atoms with Crippen LogP contribution < -0.4 is 10.6 Å². The maximum Gasteiger partial charge on any atom is 0.232 e. The highest BCUT2D eigenvalue weighted by Gasteiger charge is 2.23. The zero-order chi connectivity index (χ0) is 19.4. The lowest BCUT2D eigenvalue weighted by atomic mass is 9.97. The van der Waals surface area contributed by atoms with E-state index in [4.69, 9.17) is 9.26 Å². The Hall–Kier alpha value is -2.49. The first-order valence-corrected chi connectivity index (χ1v) is 9.11. The highest BCUT2D eigenvalue weighted by molar-refractivity contribution is 5.79. The molecule has 10 nitrogen and oxygen atoms in total. The molecule has 0 aliphatic carbocycles. The van der Waals surface area contributed by atoms with Gasteiger partial charge < -0.3 is 19.9 Å². The van der Waals surface area contributed by atoms with E-state index < -0.39 is 0 Å². The molecule has 1 unspecified atom stereocenters. The molecular formula is C17H28N8O2. The molecule has 1 atom stereocenters. The molecule has 1 aliphatic heterocycles. The standard InChI is InChI=1S/C17H28N8O2/c1-17(2,3)15-22-12(24-27-15)8-19-16(18-4)20-11-6-7-14-21-13(10-26-5)23-25(14)9-11/h11H,6-10H2,1-5H3,(H2,18,19,20). The number of nitrogens with zero attached hydrogens (tertiary/aromatic N) is 6. The molecule has 0 spiro atoms. The number of nitrogens with one attached hydrogen (secondary N) is 2. The van der Waals surface area contributed by atoms with E-state index in [1.54, 1.807) is 14.2 Å². The molecule has 3 rings (SSSR count). The van der Waals surface area contributed by atoms with Gasteiger partial charge in [0.2, 0.25) is 5.89 Å². The Bertz CT molecular complexity index is 789. The summed E-state index contributed by atoms with van der Waals surface area (Å²) >= 11 is 0. The Morgan fingerprint density at radius 1 is 1.33 bits per heavy atom. The maximum absolute atomic E-state index is 5.32. The number of methoxy groups -OCH3 is 1. The molecule has 148 valence electrons. The number of aryl methyl sites for hydroxylation is 1. The van der Waals surface area contributed by atoms with E-state index in [-0.39, 0.29) is 11.5 Å². The fourth-order valence-electron chi connectivity index (χ4n) is 2.85. The number of guanidine groups is 1. The molecule has 0 amide bonds. The molecule has 3 heterocycles. The van der Waals surface area contributed by atoms with E-state index >= 15 is 0 Å². The lowest BCUT2D eigenvalue weighted by Gasteiger charge is -2.25. The zero-order valence-corrected chi connectivity index (χ0v) is 16.6. The van der Waals surface area contributed by atoms with Gasteiger partial charge in [-0.15, -0.1) is 0 Å². The quantitative estimate of drug-likeness (QED) is 0.581. The molecule has 0 fully saturated rings. The van der Waals surface area contributed by atoms with Gasteiger partial charge >= 0.3 is 0 Å². The van der Waals surface area contributed by atoms with E-state index in [1.807, 2.05) is 25.5 Å². The summed E-state index contributed by atoms with van der Waals surface area (Å²) in [7, 11) is 3.39. The number of aliphatic imine (C=N–C) groups is 1. The molecular weight excluding hydrogens is 348 g/mol. The fraction of sp³-hybridized carbons (Fsp3) is 0.706. The Morgan fingerprint density at radius 2 is 2.15 bits per heavy atom. The van der Waals surface area contributed by atoms with Crippen molar-refractivity contribution in [1.82, 2.24) is 35.5 Å². The Balaban J connectivity index is 1.54. The third-order valence-corrected chi connectivity index (χ3v) is 4.26. The second-order valence-corrected chi connectivity index (χ2v) is 7.63. The first kappa shape index (κ1) is 19.3. The van der Waals surface area contributed by atoms with Crippen LogP contribution in [0.15, 0.2) is 9.52 Å². The van der Waals surface area contributed by atoms with Crippen LogP contribution in [0.25, 0.3) is 0 Å². The summed E-state index contributed by atoms with van der Waals surface area (Å²) in [6.07, 6.45) is 1.83. The summed E-state index contributed by atoms with van der Waals surface area (Å²) in [4.78, 5) is 13.2. The lowest BCUT2D eigenvalue weighted by molar-refractivity contribution is 0.177. The second-order valence-electron chi connectivity index (χ2n) is 7.63. The van der Waals surface area contributed by atoms with Crippen LogP contribution in [0.1, 0.15) is 50.6 Å². The molecule has 27 heavy (non-hydrogen) atoms. The molecule has 10 heteroatoms. The maximum atomic E-state index is 5.32. The smallest absolute Gasteiger partial charge is 0.232 e. The van der Waals surface area contributed by atoms with E-state index in [2.05, 4.69) is 35.8 Å². The van der Waals surface area contributed by atoms with Crippen molar-refractivity contribution in [1.29, 1.82) is 0 Å². The third-order valence-electron chi connectivity index (χ3n) is 4.26. The van der Waals surface area contributed by atoms with Gasteiger partial charge in [-0.25, -0.2) is 9.67 Å². The average molecular weight is 376 g/mol. The van der Waals surface area contributed by atoms with Gasteiger partial charge in [-0.3, -0.25) is 4.99 Å². The van der Waals surface area contributed by atoms with Gasteiger partial charge in [0.05, 0.1) is 13.1 Å². The summed E-state index contributed by atoms with van der Waals surface area (Å²) < 4.78 is 12.4. The molecule has 0 saturated carbocycles. The normalized spacial score (nSPS) is 17.7. The number of ether oxygens (including phenoxy) is 1. The fourth-order valence-corrected chi connectivity index (χ4v) is 2.85. The number of rotatable bonds is 5. The molecule has 2 aromatic rings.